The van der Waals surface area contributed by atoms with Gasteiger partial charge in [0.05, 0.1) is 17.7 Å². The van der Waals surface area contributed by atoms with Crippen molar-refractivity contribution in [2.75, 3.05) is 7.11 Å². The molecule has 0 aliphatic carbocycles. The first-order valence-corrected chi connectivity index (χ1v) is 10.5. The molecule has 1 aromatic heterocycles. The lowest BCUT2D eigenvalue weighted by Gasteiger charge is -2.14. The number of aromatic nitrogens is 1. The lowest BCUT2D eigenvalue weighted by atomic mass is 9.97. The largest absolute Gasteiger partial charge is 0.480 e. The number of hydrogen-bond acceptors (Lipinski definition) is 5. The Balaban J connectivity index is 2.30. The lowest BCUT2D eigenvalue weighted by molar-refractivity contribution is 0.397. The smallest absolute Gasteiger partial charge is 0.238 e. The third kappa shape index (κ3) is 4.21. The molecule has 0 bridgehead atoms. The Morgan fingerprint density at radius 2 is 1.66 bits per heavy atom. The predicted molar refractivity (Wildman–Crippen MR) is 113 cm³/mol. The van der Waals surface area contributed by atoms with Crippen LogP contribution in [0.3, 0.4) is 0 Å². The van der Waals surface area contributed by atoms with Crippen molar-refractivity contribution in [2.24, 2.45) is 5.14 Å². The third-order valence-electron chi connectivity index (χ3n) is 4.35. The number of sulfonamides is 1. The molecular formula is C20H15Cl2N3O3S. The fourth-order valence-electron chi connectivity index (χ4n) is 2.78. The zero-order valence-electron chi connectivity index (χ0n) is 15.4. The molecule has 2 N–H and O–H groups in total. The van der Waals surface area contributed by atoms with Crippen molar-refractivity contribution in [1.29, 1.82) is 5.26 Å². The van der Waals surface area contributed by atoms with Crippen molar-refractivity contribution in [3.8, 4) is 34.3 Å². The highest BCUT2D eigenvalue weighted by molar-refractivity contribution is 7.89. The second kappa shape index (κ2) is 8.01. The van der Waals surface area contributed by atoms with Crippen LogP contribution in [0.25, 0.3) is 22.4 Å². The van der Waals surface area contributed by atoms with Crippen LogP contribution in [0.1, 0.15) is 11.1 Å². The van der Waals surface area contributed by atoms with Gasteiger partial charge in [0.2, 0.25) is 15.9 Å². The Morgan fingerprint density at radius 3 is 2.14 bits per heavy atom. The van der Waals surface area contributed by atoms with Crippen molar-refractivity contribution in [2.45, 2.75) is 11.8 Å². The Bertz CT molecular complexity index is 1230. The minimum atomic E-state index is -3.83. The molecule has 0 fully saturated rings. The average molecular weight is 448 g/mol. The molecule has 0 aliphatic heterocycles. The van der Waals surface area contributed by atoms with E-state index in [2.05, 4.69) is 4.98 Å². The van der Waals surface area contributed by atoms with Crippen LogP contribution in [0.5, 0.6) is 5.88 Å². The van der Waals surface area contributed by atoms with E-state index in [0.717, 1.165) is 5.56 Å². The summed E-state index contributed by atoms with van der Waals surface area (Å²) in [6.45, 7) is 1.80. The normalized spacial score (nSPS) is 11.2. The van der Waals surface area contributed by atoms with Crippen LogP contribution in [-0.2, 0) is 10.0 Å². The molecule has 29 heavy (non-hydrogen) atoms. The standard InChI is InChI=1S/C20H15Cl2N3O3S/c1-11-17(21)8-13(9-18(11)22)19-16(7-14(10-23)20(25-19)28-2)12-3-5-15(6-4-12)29(24,26)27/h3-9H,1-2H3,(H2,24,26,27). The zero-order chi connectivity index (χ0) is 21.3. The van der Waals surface area contributed by atoms with Crippen molar-refractivity contribution < 1.29 is 13.2 Å². The Kier molecular flexibility index (Phi) is 5.82. The van der Waals surface area contributed by atoms with Crippen LogP contribution in [0.2, 0.25) is 10.0 Å². The van der Waals surface area contributed by atoms with Crippen molar-refractivity contribution >= 4 is 33.2 Å². The van der Waals surface area contributed by atoms with Gasteiger partial charge in [-0.05, 0) is 48.4 Å². The van der Waals surface area contributed by atoms with E-state index in [1.54, 1.807) is 37.3 Å². The highest BCUT2D eigenvalue weighted by Crippen LogP contribution is 2.38. The molecule has 0 amide bonds. The molecule has 0 saturated carbocycles. The minimum Gasteiger partial charge on any atom is -0.480 e. The molecule has 148 valence electrons. The number of methoxy groups -OCH3 is 1. The van der Waals surface area contributed by atoms with Gasteiger partial charge in [-0.25, -0.2) is 18.5 Å². The van der Waals surface area contributed by atoms with Gasteiger partial charge in [-0.15, -0.1) is 0 Å². The van der Waals surface area contributed by atoms with E-state index < -0.39 is 10.0 Å². The maximum absolute atomic E-state index is 11.5. The molecule has 0 radical (unpaired) electrons. The Morgan fingerprint density at radius 1 is 1.07 bits per heavy atom. The minimum absolute atomic E-state index is 0.0220. The van der Waals surface area contributed by atoms with Gasteiger partial charge < -0.3 is 4.74 Å². The number of benzene rings is 2. The molecule has 0 spiro atoms. The summed E-state index contributed by atoms with van der Waals surface area (Å²) in [6, 6.07) is 13.1. The highest BCUT2D eigenvalue weighted by Gasteiger charge is 2.18. The molecule has 2 aromatic carbocycles. The van der Waals surface area contributed by atoms with Gasteiger partial charge in [0.25, 0.3) is 0 Å². The number of rotatable bonds is 4. The SMILES string of the molecule is COc1nc(-c2cc(Cl)c(C)c(Cl)c2)c(-c2ccc(S(N)(=O)=O)cc2)cc1C#N. The van der Waals surface area contributed by atoms with E-state index in [0.29, 0.717) is 32.4 Å². The van der Waals surface area contributed by atoms with Gasteiger partial charge in [0.1, 0.15) is 11.6 Å². The number of primary sulfonamides is 1. The number of nitrogens with two attached hydrogens (primary N) is 1. The molecule has 3 aromatic rings. The maximum atomic E-state index is 11.5. The molecule has 0 unspecified atom stereocenters. The quantitative estimate of drug-likeness (QED) is 0.630. The second-order valence-electron chi connectivity index (χ2n) is 6.19. The van der Waals surface area contributed by atoms with E-state index in [-0.39, 0.29) is 16.3 Å². The van der Waals surface area contributed by atoms with Gasteiger partial charge in [0.15, 0.2) is 0 Å². The average Bonchev–Trinajstić information content (AvgIpc) is 2.70. The van der Waals surface area contributed by atoms with Crippen LogP contribution < -0.4 is 9.88 Å². The molecule has 0 aliphatic rings. The van der Waals surface area contributed by atoms with Crippen LogP contribution in [-0.4, -0.2) is 20.5 Å². The van der Waals surface area contributed by atoms with Crippen LogP contribution >= 0.6 is 23.2 Å². The van der Waals surface area contributed by atoms with E-state index in [1.807, 2.05) is 6.07 Å². The Hall–Kier alpha value is -2.63. The fourth-order valence-corrected chi connectivity index (χ4v) is 3.78. The number of nitriles is 1. The number of ether oxygens (including phenoxy) is 1. The number of nitrogens with zero attached hydrogens (tertiary/aromatic N) is 2. The summed E-state index contributed by atoms with van der Waals surface area (Å²) in [7, 11) is -2.41. The molecule has 0 saturated heterocycles. The van der Waals surface area contributed by atoms with Crippen molar-refractivity contribution in [1.82, 2.24) is 4.98 Å². The number of halogens is 2. The molecule has 9 heteroatoms. The third-order valence-corrected chi connectivity index (χ3v) is 6.06. The number of pyridine rings is 1. The van der Waals surface area contributed by atoms with E-state index in [1.165, 1.54) is 19.2 Å². The topological polar surface area (TPSA) is 106 Å². The summed E-state index contributed by atoms with van der Waals surface area (Å²) in [6.07, 6.45) is 0. The van der Waals surface area contributed by atoms with Crippen LogP contribution in [0, 0.1) is 18.3 Å². The van der Waals surface area contributed by atoms with Crippen molar-refractivity contribution in [3.05, 3.63) is 63.6 Å². The zero-order valence-corrected chi connectivity index (χ0v) is 17.7. The van der Waals surface area contributed by atoms with E-state index in [9.17, 15) is 13.7 Å². The van der Waals surface area contributed by atoms with Gasteiger partial charge in [-0.2, -0.15) is 5.26 Å². The summed E-state index contributed by atoms with van der Waals surface area (Å²) in [5.41, 5.74) is 3.28. The number of hydrogen-bond donors (Lipinski definition) is 1. The summed E-state index contributed by atoms with van der Waals surface area (Å²) in [5, 5.41) is 15.5. The predicted octanol–water partition coefficient (Wildman–Crippen LogP) is 4.56. The first-order chi connectivity index (χ1) is 13.7. The van der Waals surface area contributed by atoms with E-state index in [4.69, 9.17) is 33.1 Å². The van der Waals surface area contributed by atoms with Gasteiger partial charge in [0, 0.05) is 21.2 Å². The summed E-state index contributed by atoms with van der Waals surface area (Å²) >= 11 is 12.6. The summed E-state index contributed by atoms with van der Waals surface area (Å²) in [4.78, 5) is 4.46. The molecule has 6 nitrogen and oxygen atoms in total. The highest BCUT2D eigenvalue weighted by atomic mass is 35.5. The Labute approximate surface area is 178 Å². The van der Waals surface area contributed by atoms with Crippen LogP contribution in [0.4, 0.5) is 0 Å². The maximum Gasteiger partial charge on any atom is 0.238 e. The fraction of sp³-hybridized carbons (Fsp3) is 0.100. The molecule has 1 heterocycles. The van der Waals surface area contributed by atoms with E-state index >= 15 is 0 Å². The van der Waals surface area contributed by atoms with Gasteiger partial charge >= 0.3 is 0 Å². The van der Waals surface area contributed by atoms with Gasteiger partial charge in [-0.3, -0.25) is 0 Å². The van der Waals surface area contributed by atoms with Crippen LogP contribution in [0.15, 0.2) is 47.4 Å². The lowest BCUT2D eigenvalue weighted by Crippen LogP contribution is -2.11. The van der Waals surface area contributed by atoms with Crippen molar-refractivity contribution in [3.63, 3.8) is 0 Å². The summed E-state index contributed by atoms with van der Waals surface area (Å²) < 4.78 is 28.3. The van der Waals surface area contributed by atoms with Gasteiger partial charge in [-0.1, -0.05) is 35.3 Å². The molecule has 3 rings (SSSR count). The molecule has 0 atom stereocenters. The molecular weight excluding hydrogens is 433 g/mol. The first kappa shape index (κ1) is 21.1. The first-order valence-electron chi connectivity index (χ1n) is 8.24. The monoisotopic (exact) mass is 447 g/mol. The second-order valence-corrected chi connectivity index (χ2v) is 8.56. The summed E-state index contributed by atoms with van der Waals surface area (Å²) in [5.74, 6) is 0.153.